The molecule has 0 aromatic carbocycles. The Morgan fingerprint density at radius 2 is 2.19 bits per heavy atom. The zero-order chi connectivity index (χ0) is 11.2. The lowest BCUT2D eigenvalue weighted by atomic mass is 10.3. The van der Waals surface area contributed by atoms with Gasteiger partial charge in [-0.15, -0.1) is 0 Å². The smallest absolute Gasteiger partial charge is 0.237 e. The Morgan fingerprint density at radius 3 is 2.94 bits per heavy atom. The van der Waals surface area contributed by atoms with Crippen LogP contribution in [0.1, 0.15) is 5.69 Å². The van der Waals surface area contributed by atoms with Gasteiger partial charge in [-0.25, -0.2) is 15.0 Å². The van der Waals surface area contributed by atoms with Crippen LogP contribution in [-0.4, -0.2) is 22.1 Å². The van der Waals surface area contributed by atoms with Crippen molar-refractivity contribution in [2.45, 2.75) is 6.54 Å². The summed E-state index contributed by atoms with van der Waals surface area (Å²) in [5.41, 5.74) is 1.77. The fraction of sp³-hybridized carbons (Fsp3) is 0.182. The molecule has 5 nitrogen and oxygen atoms in total. The lowest BCUT2D eigenvalue weighted by molar-refractivity contribution is 0.399. The molecular formula is C11H12N4O. The van der Waals surface area contributed by atoms with E-state index in [1.54, 1.807) is 19.5 Å². The number of anilines is 1. The number of aromatic nitrogens is 3. The van der Waals surface area contributed by atoms with Crippen LogP contribution in [0, 0.1) is 0 Å². The van der Waals surface area contributed by atoms with Crippen LogP contribution in [0.3, 0.4) is 0 Å². The van der Waals surface area contributed by atoms with Crippen molar-refractivity contribution in [1.29, 1.82) is 0 Å². The Labute approximate surface area is 93.5 Å². The van der Waals surface area contributed by atoms with Gasteiger partial charge in [0.2, 0.25) is 5.88 Å². The largest absolute Gasteiger partial charge is 0.480 e. The highest BCUT2D eigenvalue weighted by molar-refractivity contribution is 5.51. The van der Waals surface area contributed by atoms with Gasteiger partial charge in [0.05, 0.1) is 25.0 Å². The van der Waals surface area contributed by atoms with Crippen molar-refractivity contribution in [3.8, 4) is 5.88 Å². The summed E-state index contributed by atoms with van der Waals surface area (Å²) in [6.45, 7) is 0.616. The van der Waals surface area contributed by atoms with Crippen molar-refractivity contribution < 1.29 is 4.74 Å². The van der Waals surface area contributed by atoms with Crippen molar-refractivity contribution in [1.82, 2.24) is 15.0 Å². The van der Waals surface area contributed by atoms with E-state index in [0.717, 1.165) is 11.4 Å². The summed E-state index contributed by atoms with van der Waals surface area (Å²) in [5.74, 6) is 0.580. The SMILES string of the molecule is COc1ncccc1NCc1ccncn1. The lowest BCUT2D eigenvalue weighted by Gasteiger charge is -2.08. The molecule has 0 bridgehead atoms. The van der Waals surface area contributed by atoms with Crippen molar-refractivity contribution in [3.05, 3.63) is 42.6 Å². The highest BCUT2D eigenvalue weighted by Crippen LogP contribution is 2.19. The second-order valence-electron chi connectivity index (χ2n) is 3.11. The van der Waals surface area contributed by atoms with Crippen molar-refractivity contribution in [3.63, 3.8) is 0 Å². The van der Waals surface area contributed by atoms with Crippen LogP contribution in [0.15, 0.2) is 36.9 Å². The van der Waals surface area contributed by atoms with Gasteiger partial charge in [0.1, 0.15) is 6.33 Å². The topological polar surface area (TPSA) is 59.9 Å². The van der Waals surface area contributed by atoms with Crippen LogP contribution in [0.2, 0.25) is 0 Å². The van der Waals surface area contributed by atoms with Gasteiger partial charge in [-0.05, 0) is 18.2 Å². The summed E-state index contributed by atoms with van der Waals surface area (Å²) < 4.78 is 5.13. The molecule has 0 saturated carbocycles. The quantitative estimate of drug-likeness (QED) is 0.839. The van der Waals surface area contributed by atoms with Crippen LogP contribution in [0.5, 0.6) is 5.88 Å². The Bertz CT molecular complexity index is 447. The van der Waals surface area contributed by atoms with Crippen LogP contribution >= 0.6 is 0 Å². The maximum absolute atomic E-state index is 5.13. The number of rotatable bonds is 4. The first-order valence-corrected chi connectivity index (χ1v) is 4.88. The lowest BCUT2D eigenvalue weighted by Crippen LogP contribution is -2.03. The fourth-order valence-corrected chi connectivity index (χ4v) is 1.30. The normalized spacial score (nSPS) is 9.81. The molecule has 0 saturated heterocycles. The predicted octanol–water partition coefficient (Wildman–Crippen LogP) is 1.49. The molecule has 0 amide bonds. The summed E-state index contributed by atoms with van der Waals surface area (Å²) in [5, 5.41) is 3.20. The molecule has 1 N–H and O–H groups in total. The molecule has 82 valence electrons. The first-order chi connectivity index (χ1) is 7.90. The Kier molecular flexibility index (Phi) is 3.28. The molecule has 0 aliphatic heterocycles. The summed E-state index contributed by atoms with van der Waals surface area (Å²) in [4.78, 5) is 12.1. The highest BCUT2D eigenvalue weighted by Gasteiger charge is 2.02. The number of methoxy groups -OCH3 is 1. The zero-order valence-corrected chi connectivity index (χ0v) is 8.92. The molecule has 0 fully saturated rings. The van der Waals surface area contributed by atoms with Gasteiger partial charge < -0.3 is 10.1 Å². The molecular weight excluding hydrogens is 204 g/mol. The monoisotopic (exact) mass is 216 g/mol. The molecule has 2 aromatic heterocycles. The maximum atomic E-state index is 5.13. The summed E-state index contributed by atoms with van der Waals surface area (Å²) in [6.07, 6.45) is 4.93. The number of pyridine rings is 1. The summed E-state index contributed by atoms with van der Waals surface area (Å²) in [7, 11) is 1.60. The number of nitrogens with zero attached hydrogens (tertiary/aromatic N) is 3. The fourth-order valence-electron chi connectivity index (χ4n) is 1.30. The minimum Gasteiger partial charge on any atom is -0.480 e. The Morgan fingerprint density at radius 1 is 1.25 bits per heavy atom. The third-order valence-electron chi connectivity index (χ3n) is 2.07. The standard InChI is InChI=1S/C11H12N4O/c1-16-11-10(3-2-5-13-11)14-7-9-4-6-12-8-15-9/h2-6,8,14H,7H2,1H3. The summed E-state index contributed by atoms with van der Waals surface area (Å²) in [6, 6.07) is 5.62. The number of nitrogens with one attached hydrogen (secondary N) is 1. The molecule has 0 aliphatic rings. The van der Waals surface area contributed by atoms with Crippen molar-refractivity contribution >= 4 is 5.69 Å². The van der Waals surface area contributed by atoms with E-state index in [1.165, 1.54) is 6.33 Å². The van der Waals surface area contributed by atoms with Crippen molar-refractivity contribution in [2.75, 3.05) is 12.4 Å². The maximum Gasteiger partial charge on any atom is 0.237 e. The first kappa shape index (κ1) is 10.4. The predicted molar refractivity (Wildman–Crippen MR) is 60.1 cm³/mol. The van der Waals surface area contributed by atoms with E-state index in [4.69, 9.17) is 4.74 Å². The molecule has 0 spiro atoms. The zero-order valence-electron chi connectivity index (χ0n) is 8.92. The molecule has 0 radical (unpaired) electrons. The molecule has 0 aliphatic carbocycles. The summed E-state index contributed by atoms with van der Waals surface area (Å²) >= 11 is 0. The van der Waals surface area contributed by atoms with Gasteiger partial charge in [0.25, 0.3) is 0 Å². The molecule has 0 atom stereocenters. The molecule has 2 rings (SSSR count). The van der Waals surface area contributed by atoms with Gasteiger partial charge in [0.15, 0.2) is 0 Å². The molecule has 0 unspecified atom stereocenters. The van der Waals surface area contributed by atoms with Crippen molar-refractivity contribution in [2.24, 2.45) is 0 Å². The van der Waals surface area contributed by atoms with E-state index >= 15 is 0 Å². The second-order valence-corrected chi connectivity index (χ2v) is 3.11. The average molecular weight is 216 g/mol. The molecule has 2 heterocycles. The van der Waals surface area contributed by atoms with Crippen LogP contribution in [0.4, 0.5) is 5.69 Å². The molecule has 2 aromatic rings. The van der Waals surface area contributed by atoms with E-state index in [-0.39, 0.29) is 0 Å². The Hall–Kier alpha value is -2.17. The van der Waals surface area contributed by atoms with E-state index < -0.39 is 0 Å². The van der Waals surface area contributed by atoms with E-state index in [1.807, 2.05) is 18.2 Å². The number of ether oxygens (including phenoxy) is 1. The average Bonchev–Trinajstić information content (AvgIpc) is 2.38. The molecule has 5 heteroatoms. The van der Waals surface area contributed by atoms with Crippen LogP contribution in [-0.2, 0) is 6.54 Å². The first-order valence-electron chi connectivity index (χ1n) is 4.88. The van der Waals surface area contributed by atoms with Gasteiger partial charge in [-0.1, -0.05) is 0 Å². The van der Waals surface area contributed by atoms with Crippen LogP contribution in [0.25, 0.3) is 0 Å². The van der Waals surface area contributed by atoms with E-state index in [9.17, 15) is 0 Å². The number of hydrogen-bond acceptors (Lipinski definition) is 5. The van der Waals surface area contributed by atoms with Gasteiger partial charge >= 0.3 is 0 Å². The van der Waals surface area contributed by atoms with Gasteiger partial charge in [0, 0.05) is 12.4 Å². The minimum absolute atomic E-state index is 0.580. The second kappa shape index (κ2) is 5.06. The molecule has 16 heavy (non-hydrogen) atoms. The van der Waals surface area contributed by atoms with E-state index in [2.05, 4.69) is 20.3 Å². The highest BCUT2D eigenvalue weighted by atomic mass is 16.5. The van der Waals surface area contributed by atoms with Gasteiger partial charge in [-0.2, -0.15) is 0 Å². The third-order valence-corrected chi connectivity index (χ3v) is 2.07. The third kappa shape index (κ3) is 2.44. The Balaban J connectivity index is 2.05. The van der Waals surface area contributed by atoms with E-state index in [0.29, 0.717) is 12.4 Å². The number of hydrogen-bond donors (Lipinski definition) is 1. The van der Waals surface area contributed by atoms with Gasteiger partial charge in [-0.3, -0.25) is 0 Å². The van der Waals surface area contributed by atoms with Crippen LogP contribution < -0.4 is 10.1 Å². The minimum atomic E-state index is 0.580.